The normalized spacial score (nSPS) is 33.7. The van der Waals surface area contributed by atoms with Crippen molar-refractivity contribution in [1.82, 2.24) is 0 Å². The highest BCUT2D eigenvalue weighted by molar-refractivity contribution is 9.11. The zero-order valence-electron chi connectivity index (χ0n) is 6.11. The zero-order valence-corrected chi connectivity index (χ0v) is 9.28. The Bertz CT molecular complexity index is 140. The van der Waals surface area contributed by atoms with Crippen molar-refractivity contribution in [2.45, 2.75) is 19.8 Å². The summed E-state index contributed by atoms with van der Waals surface area (Å²) in [5.41, 5.74) is 0. The SMILES string of the molecule is CC1C(Br)=CCCC1CBr. The molecule has 1 rings (SSSR count). The topological polar surface area (TPSA) is 0 Å². The van der Waals surface area contributed by atoms with E-state index in [0.29, 0.717) is 5.92 Å². The molecule has 0 aromatic heterocycles. The van der Waals surface area contributed by atoms with E-state index < -0.39 is 0 Å². The first-order valence-corrected chi connectivity index (χ1v) is 5.58. The lowest BCUT2D eigenvalue weighted by atomic mass is 9.87. The molecule has 1 aliphatic rings. The Hall–Kier alpha value is 0.700. The van der Waals surface area contributed by atoms with E-state index in [-0.39, 0.29) is 0 Å². The highest BCUT2D eigenvalue weighted by atomic mass is 79.9. The summed E-state index contributed by atoms with van der Waals surface area (Å²) in [6, 6.07) is 0. The molecule has 0 amide bonds. The van der Waals surface area contributed by atoms with Crippen molar-refractivity contribution in [3.05, 3.63) is 10.6 Å². The lowest BCUT2D eigenvalue weighted by molar-refractivity contribution is 0.419. The van der Waals surface area contributed by atoms with E-state index in [1.165, 1.54) is 17.3 Å². The lowest BCUT2D eigenvalue weighted by Crippen LogP contribution is -2.16. The van der Waals surface area contributed by atoms with Crippen LogP contribution in [0.5, 0.6) is 0 Å². The third-order valence-corrected chi connectivity index (χ3v) is 4.09. The van der Waals surface area contributed by atoms with Gasteiger partial charge in [0.1, 0.15) is 0 Å². The van der Waals surface area contributed by atoms with Gasteiger partial charge in [0.2, 0.25) is 0 Å². The Labute approximate surface area is 79.3 Å². The maximum absolute atomic E-state index is 3.58. The standard InChI is InChI=1S/C8H12Br2/c1-6-7(5-9)3-2-4-8(6)10/h4,6-7H,2-3,5H2,1H3. The summed E-state index contributed by atoms with van der Waals surface area (Å²) < 4.78 is 1.39. The van der Waals surface area contributed by atoms with E-state index in [0.717, 1.165) is 11.2 Å². The van der Waals surface area contributed by atoms with Crippen molar-refractivity contribution >= 4 is 31.9 Å². The minimum atomic E-state index is 0.716. The van der Waals surface area contributed by atoms with Gasteiger partial charge in [0.15, 0.2) is 0 Å². The van der Waals surface area contributed by atoms with Crippen molar-refractivity contribution in [1.29, 1.82) is 0 Å². The van der Waals surface area contributed by atoms with Crippen molar-refractivity contribution in [2.75, 3.05) is 5.33 Å². The van der Waals surface area contributed by atoms with Gasteiger partial charge in [-0.1, -0.05) is 44.9 Å². The van der Waals surface area contributed by atoms with Crippen molar-refractivity contribution in [2.24, 2.45) is 11.8 Å². The molecule has 2 atom stereocenters. The minimum Gasteiger partial charge on any atom is -0.0925 e. The summed E-state index contributed by atoms with van der Waals surface area (Å²) in [5, 5.41) is 1.14. The molecule has 0 bridgehead atoms. The average Bonchev–Trinajstić information content (AvgIpc) is 1.95. The maximum atomic E-state index is 3.58. The molecule has 0 saturated heterocycles. The summed E-state index contributed by atoms with van der Waals surface area (Å²) in [6.07, 6.45) is 4.87. The molecule has 58 valence electrons. The summed E-state index contributed by atoms with van der Waals surface area (Å²) in [7, 11) is 0. The van der Waals surface area contributed by atoms with E-state index in [1.807, 2.05) is 0 Å². The molecule has 0 spiro atoms. The molecular formula is C8H12Br2. The van der Waals surface area contributed by atoms with Crippen LogP contribution in [-0.2, 0) is 0 Å². The molecule has 0 aromatic carbocycles. The van der Waals surface area contributed by atoms with E-state index in [9.17, 15) is 0 Å². The van der Waals surface area contributed by atoms with E-state index in [2.05, 4.69) is 44.9 Å². The van der Waals surface area contributed by atoms with Crippen LogP contribution in [-0.4, -0.2) is 5.33 Å². The predicted molar refractivity (Wildman–Crippen MR) is 52.7 cm³/mol. The molecule has 0 aromatic rings. The predicted octanol–water partition coefficient (Wildman–Crippen LogP) is 3.71. The second kappa shape index (κ2) is 3.91. The largest absolute Gasteiger partial charge is 0.0925 e. The Morgan fingerprint density at radius 3 is 2.90 bits per heavy atom. The number of allylic oxidation sites excluding steroid dienone is 2. The summed E-state index contributed by atoms with van der Waals surface area (Å²) in [4.78, 5) is 0. The first kappa shape index (κ1) is 8.79. The first-order valence-electron chi connectivity index (χ1n) is 3.67. The number of halogens is 2. The third-order valence-electron chi connectivity index (χ3n) is 2.22. The number of hydrogen-bond acceptors (Lipinski definition) is 0. The van der Waals surface area contributed by atoms with E-state index in [1.54, 1.807) is 0 Å². The van der Waals surface area contributed by atoms with Crippen LogP contribution in [0.15, 0.2) is 10.6 Å². The van der Waals surface area contributed by atoms with Gasteiger partial charge in [-0.15, -0.1) is 0 Å². The molecule has 1 aliphatic carbocycles. The Balaban J connectivity index is 2.59. The molecule has 0 nitrogen and oxygen atoms in total. The van der Waals surface area contributed by atoms with Gasteiger partial charge >= 0.3 is 0 Å². The molecule has 0 heterocycles. The van der Waals surface area contributed by atoms with Gasteiger partial charge in [-0.05, 0) is 29.2 Å². The van der Waals surface area contributed by atoms with Crippen LogP contribution in [0, 0.1) is 11.8 Å². The van der Waals surface area contributed by atoms with Gasteiger partial charge in [0.05, 0.1) is 0 Å². The van der Waals surface area contributed by atoms with Crippen LogP contribution in [0.2, 0.25) is 0 Å². The monoisotopic (exact) mass is 266 g/mol. The van der Waals surface area contributed by atoms with E-state index in [4.69, 9.17) is 0 Å². The van der Waals surface area contributed by atoms with Crippen molar-refractivity contribution in [3.63, 3.8) is 0 Å². The fourth-order valence-electron chi connectivity index (χ4n) is 1.31. The molecular weight excluding hydrogens is 256 g/mol. The van der Waals surface area contributed by atoms with Gasteiger partial charge in [-0.3, -0.25) is 0 Å². The fraction of sp³-hybridized carbons (Fsp3) is 0.750. The van der Waals surface area contributed by atoms with Gasteiger partial charge in [-0.2, -0.15) is 0 Å². The highest BCUT2D eigenvalue weighted by Crippen LogP contribution is 2.34. The van der Waals surface area contributed by atoms with Crippen molar-refractivity contribution in [3.8, 4) is 0 Å². The van der Waals surface area contributed by atoms with Gasteiger partial charge in [0.25, 0.3) is 0 Å². The summed E-state index contributed by atoms with van der Waals surface area (Å²) >= 11 is 7.11. The van der Waals surface area contributed by atoms with E-state index >= 15 is 0 Å². The van der Waals surface area contributed by atoms with Crippen molar-refractivity contribution < 1.29 is 0 Å². The quantitative estimate of drug-likeness (QED) is 0.636. The van der Waals surface area contributed by atoms with Crippen LogP contribution >= 0.6 is 31.9 Å². The zero-order chi connectivity index (χ0) is 7.56. The molecule has 2 unspecified atom stereocenters. The fourth-order valence-corrected chi connectivity index (χ4v) is 2.79. The molecule has 0 N–H and O–H groups in total. The molecule has 2 heteroatoms. The van der Waals surface area contributed by atoms with Gasteiger partial charge in [-0.25, -0.2) is 0 Å². The Morgan fingerprint density at radius 2 is 2.40 bits per heavy atom. The Kier molecular flexibility index (Phi) is 3.44. The smallest absolute Gasteiger partial charge is 0.00657 e. The highest BCUT2D eigenvalue weighted by Gasteiger charge is 2.20. The average molecular weight is 268 g/mol. The van der Waals surface area contributed by atoms with Gasteiger partial charge < -0.3 is 0 Å². The Morgan fingerprint density at radius 1 is 1.70 bits per heavy atom. The van der Waals surface area contributed by atoms with Crippen LogP contribution in [0.3, 0.4) is 0 Å². The summed E-state index contributed by atoms with van der Waals surface area (Å²) in [6.45, 7) is 2.28. The maximum Gasteiger partial charge on any atom is 0.00657 e. The minimum absolute atomic E-state index is 0.716. The number of alkyl halides is 1. The molecule has 0 aliphatic heterocycles. The van der Waals surface area contributed by atoms with Crippen LogP contribution in [0.25, 0.3) is 0 Å². The second-order valence-corrected chi connectivity index (χ2v) is 4.43. The number of rotatable bonds is 1. The van der Waals surface area contributed by atoms with Crippen LogP contribution < -0.4 is 0 Å². The molecule has 0 fully saturated rings. The van der Waals surface area contributed by atoms with Gasteiger partial charge in [0, 0.05) is 5.33 Å². The second-order valence-electron chi connectivity index (χ2n) is 2.87. The van der Waals surface area contributed by atoms with Crippen LogP contribution in [0.4, 0.5) is 0 Å². The summed E-state index contributed by atoms with van der Waals surface area (Å²) in [5.74, 6) is 1.55. The number of hydrogen-bond donors (Lipinski definition) is 0. The lowest BCUT2D eigenvalue weighted by Gasteiger charge is -2.25. The molecule has 0 saturated carbocycles. The van der Waals surface area contributed by atoms with Crippen LogP contribution in [0.1, 0.15) is 19.8 Å². The third kappa shape index (κ3) is 1.85. The first-order chi connectivity index (χ1) is 4.75. The molecule has 10 heavy (non-hydrogen) atoms. The molecule has 0 radical (unpaired) electrons.